The molecule has 1 saturated heterocycles. The zero-order valence-electron chi connectivity index (χ0n) is 18.1. The molecule has 2 N–H and O–H groups in total. The van der Waals surface area contributed by atoms with Gasteiger partial charge in [-0.1, -0.05) is 12.1 Å². The largest absolute Gasteiger partial charge is 0.497 e. The predicted octanol–water partition coefficient (Wildman–Crippen LogP) is 2.85. The van der Waals surface area contributed by atoms with Crippen LogP contribution >= 0.6 is 0 Å². The van der Waals surface area contributed by atoms with E-state index in [1.54, 1.807) is 20.5 Å². The minimum absolute atomic E-state index is 0.254. The van der Waals surface area contributed by atoms with E-state index in [0.717, 1.165) is 43.5 Å². The van der Waals surface area contributed by atoms with Crippen LogP contribution in [-0.2, 0) is 11.2 Å². The second-order valence-electron chi connectivity index (χ2n) is 7.40. The van der Waals surface area contributed by atoms with Crippen LogP contribution in [0.15, 0.2) is 52.1 Å². The molecule has 0 radical (unpaired) electrons. The lowest BCUT2D eigenvalue weighted by Crippen LogP contribution is -2.40. The van der Waals surface area contributed by atoms with Gasteiger partial charge in [-0.15, -0.1) is 0 Å². The van der Waals surface area contributed by atoms with Crippen molar-refractivity contribution in [2.24, 2.45) is 4.99 Å². The highest BCUT2D eigenvalue weighted by molar-refractivity contribution is 5.79. The average molecular weight is 415 g/mol. The Morgan fingerprint density at radius 3 is 2.53 bits per heavy atom. The van der Waals surface area contributed by atoms with Crippen molar-refractivity contribution in [3.63, 3.8) is 0 Å². The summed E-state index contributed by atoms with van der Waals surface area (Å²) in [7, 11) is 3.40. The fraction of sp³-hybridized carbons (Fsp3) is 0.522. The van der Waals surface area contributed by atoms with Crippen molar-refractivity contribution < 1.29 is 13.9 Å². The Balaban J connectivity index is 1.66. The topological polar surface area (TPSA) is 71.3 Å². The van der Waals surface area contributed by atoms with Crippen LogP contribution in [0.5, 0.6) is 5.75 Å². The number of furan rings is 1. The first-order valence-electron chi connectivity index (χ1n) is 10.7. The summed E-state index contributed by atoms with van der Waals surface area (Å²) in [6, 6.07) is 12.5. The van der Waals surface area contributed by atoms with Crippen LogP contribution < -0.4 is 15.4 Å². The van der Waals surface area contributed by atoms with E-state index in [0.29, 0.717) is 19.7 Å². The molecule has 7 heteroatoms. The summed E-state index contributed by atoms with van der Waals surface area (Å²) in [5.41, 5.74) is 1.27. The van der Waals surface area contributed by atoms with Gasteiger partial charge in [-0.3, -0.25) is 9.89 Å². The lowest BCUT2D eigenvalue weighted by molar-refractivity contribution is 0.203. The Hall–Kier alpha value is -2.51. The Morgan fingerprint density at radius 2 is 1.87 bits per heavy atom. The maximum Gasteiger partial charge on any atom is 0.191 e. The number of methoxy groups -OCH3 is 2. The van der Waals surface area contributed by atoms with Crippen molar-refractivity contribution in [2.45, 2.75) is 25.3 Å². The van der Waals surface area contributed by atoms with E-state index in [1.165, 1.54) is 18.4 Å². The van der Waals surface area contributed by atoms with Gasteiger partial charge in [0.2, 0.25) is 0 Å². The third kappa shape index (κ3) is 6.78. The number of likely N-dealkylation sites (tertiary alicyclic amines) is 1. The molecule has 1 aliphatic heterocycles. The van der Waals surface area contributed by atoms with Gasteiger partial charge in [0.25, 0.3) is 0 Å². The van der Waals surface area contributed by atoms with Gasteiger partial charge >= 0.3 is 0 Å². The van der Waals surface area contributed by atoms with Crippen molar-refractivity contribution in [1.82, 2.24) is 15.5 Å². The summed E-state index contributed by atoms with van der Waals surface area (Å²) in [6.45, 7) is 5.01. The average Bonchev–Trinajstić information content (AvgIpc) is 3.49. The van der Waals surface area contributed by atoms with Crippen LogP contribution in [0.25, 0.3) is 0 Å². The van der Waals surface area contributed by atoms with Gasteiger partial charge in [0, 0.05) is 26.6 Å². The molecule has 0 saturated carbocycles. The Morgan fingerprint density at radius 1 is 1.10 bits per heavy atom. The van der Waals surface area contributed by atoms with Gasteiger partial charge < -0.3 is 24.5 Å². The van der Waals surface area contributed by atoms with Crippen molar-refractivity contribution in [3.8, 4) is 5.75 Å². The van der Waals surface area contributed by atoms with E-state index in [9.17, 15) is 0 Å². The molecule has 1 aromatic carbocycles. The highest BCUT2D eigenvalue weighted by atomic mass is 16.5. The van der Waals surface area contributed by atoms with Gasteiger partial charge in [-0.25, -0.2) is 0 Å². The minimum atomic E-state index is 0.254. The van der Waals surface area contributed by atoms with Crippen molar-refractivity contribution in [3.05, 3.63) is 54.0 Å². The van der Waals surface area contributed by atoms with Gasteiger partial charge in [0.05, 0.1) is 32.6 Å². The molecule has 1 atom stereocenters. The van der Waals surface area contributed by atoms with Gasteiger partial charge in [0.15, 0.2) is 5.96 Å². The first-order chi connectivity index (χ1) is 14.8. The third-order valence-corrected chi connectivity index (χ3v) is 5.35. The van der Waals surface area contributed by atoms with Crippen molar-refractivity contribution in [2.75, 3.05) is 53.6 Å². The number of aliphatic imine (C=N–C) groups is 1. The monoisotopic (exact) mass is 414 g/mol. The number of ether oxygens (including phenoxy) is 2. The molecule has 7 nitrogen and oxygen atoms in total. The number of benzene rings is 1. The van der Waals surface area contributed by atoms with Gasteiger partial charge in [-0.05, 0) is 55.8 Å². The number of nitrogens with zero attached hydrogens (tertiary/aromatic N) is 2. The normalized spacial score (nSPS) is 15.9. The van der Waals surface area contributed by atoms with E-state index in [2.05, 4.69) is 27.7 Å². The second-order valence-corrected chi connectivity index (χ2v) is 7.40. The summed E-state index contributed by atoms with van der Waals surface area (Å²) in [5, 5.41) is 6.78. The highest BCUT2D eigenvalue weighted by Crippen LogP contribution is 2.27. The molecule has 1 aromatic heterocycles. The predicted molar refractivity (Wildman–Crippen MR) is 119 cm³/mol. The maximum atomic E-state index is 5.42. The van der Waals surface area contributed by atoms with Crippen LogP contribution in [0.3, 0.4) is 0 Å². The van der Waals surface area contributed by atoms with Crippen LogP contribution in [0.1, 0.15) is 30.2 Å². The van der Waals surface area contributed by atoms with E-state index in [4.69, 9.17) is 18.9 Å². The van der Waals surface area contributed by atoms with Crippen LogP contribution in [0, 0.1) is 0 Å². The first kappa shape index (κ1) is 22.2. The third-order valence-electron chi connectivity index (χ3n) is 5.35. The second kappa shape index (κ2) is 12.2. The minimum Gasteiger partial charge on any atom is -0.497 e. The molecule has 3 rings (SSSR count). The van der Waals surface area contributed by atoms with Crippen LogP contribution in [-0.4, -0.2) is 64.4 Å². The molecule has 1 aliphatic rings. The summed E-state index contributed by atoms with van der Waals surface area (Å²) >= 11 is 0. The molecule has 30 heavy (non-hydrogen) atoms. The fourth-order valence-corrected chi connectivity index (χ4v) is 3.69. The summed E-state index contributed by atoms with van der Waals surface area (Å²) in [5.74, 6) is 2.65. The van der Waals surface area contributed by atoms with Gasteiger partial charge in [0.1, 0.15) is 11.5 Å². The van der Waals surface area contributed by atoms with Crippen LogP contribution in [0.4, 0.5) is 0 Å². The molecule has 2 heterocycles. The Labute approximate surface area is 179 Å². The zero-order valence-corrected chi connectivity index (χ0v) is 18.1. The number of guanidine groups is 1. The molecule has 0 bridgehead atoms. The molecule has 0 spiro atoms. The summed E-state index contributed by atoms with van der Waals surface area (Å²) in [6.07, 6.45) is 5.01. The summed E-state index contributed by atoms with van der Waals surface area (Å²) in [4.78, 5) is 7.44. The Kier molecular flexibility index (Phi) is 9.05. The number of nitrogens with one attached hydrogen (secondary N) is 2. The molecule has 1 unspecified atom stereocenters. The Bertz CT molecular complexity index is 740. The molecule has 0 aliphatic carbocycles. The maximum absolute atomic E-state index is 5.42. The molecular weight excluding hydrogens is 380 g/mol. The van der Waals surface area contributed by atoms with Crippen LogP contribution in [0.2, 0.25) is 0 Å². The van der Waals surface area contributed by atoms with E-state index < -0.39 is 0 Å². The first-order valence-corrected chi connectivity index (χ1v) is 10.7. The molecule has 164 valence electrons. The zero-order chi connectivity index (χ0) is 21.0. The van der Waals surface area contributed by atoms with E-state index in [-0.39, 0.29) is 6.04 Å². The van der Waals surface area contributed by atoms with Crippen molar-refractivity contribution in [1.29, 1.82) is 0 Å². The molecule has 2 aromatic rings. The number of hydrogen-bond acceptors (Lipinski definition) is 5. The molecule has 0 amide bonds. The quantitative estimate of drug-likeness (QED) is 0.335. The standard InChI is InChI=1S/C23H34N4O3/c1-28-17-13-25-23(24-12-11-21-6-5-16-30-21)26-18-22(27-14-3-4-15-27)19-7-9-20(29-2)10-8-19/h5-10,16,22H,3-4,11-15,17-18H2,1-2H3,(H2,24,25,26). The van der Waals surface area contributed by atoms with E-state index in [1.807, 2.05) is 24.3 Å². The molecule has 1 fully saturated rings. The number of rotatable bonds is 11. The SMILES string of the molecule is COCCNC(=NCC(c1ccc(OC)cc1)N1CCCC1)NCCc1ccco1. The summed E-state index contributed by atoms with van der Waals surface area (Å²) < 4.78 is 15.9. The lowest BCUT2D eigenvalue weighted by Gasteiger charge is -2.27. The molecular formula is C23H34N4O3. The number of hydrogen-bond donors (Lipinski definition) is 2. The lowest BCUT2D eigenvalue weighted by atomic mass is 10.1. The van der Waals surface area contributed by atoms with Crippen molar-refractivity contribution >= 4 is 5.96 Å². The van der Waals surface area contributed by atoms with Gasteiger partial charge in [-0.2, -0.15) is 0 Å². The highest BCUT2D eigenvalue weighted by Gasteiger charge is 2.23. The van der Waals surface area contributed by atoms with E-state index >= 15 is 0 Å². The smallest absolute Gasteiger partial charge is 0.191 e. The fourth-order valence-electron chi connectivity index (χ4n) is 3.69.